The van der Waals surface area contributed by atoms with Gasteiger partial charge in [-0.25, -0.2) is 4.98 Å². The van der Waals surface area contributed by atoms with Gasteiger partial charge in [-0.3, -0.25) is 0 Å². The third-order valence-electron chi connectivity index (χ3n) is 4.51. The number of hydrogen-bond donors (Lipinski definition) is 0. The number of rotatable bonds is 2. The zero-order valence-electron chi connectivity index (χ0n) is 12.1. The van der Waals surface area contributed by atoms with Gasteiger partial charge in [-0.2, -0.15) is 0 Å². The highest BCUT2D eigenvalue weighted by Gasteiger charge is 2.17. The van der Waals surface area contributed by atoms with Gasteiger partial charge in [-0.1, -0.05) is 43.5 Å². The van der Waals surface area contributed by atoms with Crippen LogP contribution < -0.4 is 0 Å². The fourth-order valence-electron chi connectivity index (χ4n) is 3.34. The van der Waals surface area contributed by atoms with Crippen LogP contribution in [-0.2, 0) is 0 Å². The van der Waals surface area contributed by atoms with Gasteiger partial charge >= 0.3 is 0 Å². The molecule has 21 heavy (non-hydrogen) atoms. The Kier molecular flexibility index (Phi) is 3.23. The molecule has 0 amide bonds. The van der Waals surface area contributed by atoms with Gasteiger partial charge in [0, 0.05) is 5.56 Å². The Balaban J connectivity index is 1.71. The summed E-state index contributed by atoms with van der Waals surface area (Å²) in [6.45, 7) is 0. The van der Waals surface area contributed by atoms with Gasteiger partial charge in [0.05, 0.1) is 0 Å². The summed E-state index contributed by atoms with van der Waals surface area (Å²) in [4.78, 5) is 4.67. The van der Waals surface area contributed by atoms with Crippen LogP contribution in [0.25, 0.3) is 22.6 Å². The number of benzene rings is 2. The first-order valence-corrected chi connectivity index (χ1v) is 7.86. The third kappa shape index (κ3) is 2.46. The summed E-state index contributed by atoms with van der Waals surface area (Å²) in [7, 11) is 0. The smallest absolute Gasteiger partial charge is 0.227 e. The highest BCUT2D eigenvalue weighted by molar-refractivity contribution is 5.77. The average Bonchev–Trinajstić information content (AvgIpc) is 2.99. The summed E-state index contributed by atoms with van der Waals surface area (Å²) >= 11 is 0. The first kappa shape index (κ1) is 12.6. The van der Waals surface area contributed by atoms with Crippen LogP contribution in [-0.4, -0.2) is 4.98 Å². The van der Waals surface area contributed by atoms with E-state index >= 15 is 0 Å². The number of fused-ring (bicyclic) bond motifs is 1. The zero-order chi connectivity index (χ0) is 14.1. The van der Waals surface area contributed by atoms with Crippen molar-refractivity contribution in [1.82, 2.24) is 4.98 Å². The molecule has 4 rings (SSSR count). The van der Waals surface area contributed by atoms with Crippen LogP contribution in [0.5, 0.6) is 0 Å². The molecule has 0 aliphatic heterocycles. The molecule has 0 saturated heterocycles. The van der Waals surface area contributed by atoms with Crippen LogP contribution in [0, 0.1) is 0 Å². The lowest BCUT2D eigenvalue weighted by Crippen LogP contribution is -2.04. The SMILES string of the molecule is c1ccc(-c2nc3cc(C4CCCCC4)ccc3o2)cc1. The molecule has 1 aliphatic rings. The van der Waals surface area contributed by atoms with E-state index < -0.39 is 0 Å². The van der Waals surface area contributed by atoms with Crippen molar-refractivity contribution in [3.8, 4) is 11.5 Å². The maximum absolute atomic E-state index is 5.89. The van der Waals surface area contributed by atoms with Crippen molar-refractivity contribution in [3.63, 3.8) is 0 Å². The minimum Gasteiger partial charge on any atom is -0.436 e. The third-order valence-corrected chi connectivity index (χ3v) is 4.51. The second-order valence-corrected chi connectivity index (χ2v) is 5.95. The first-order chi connectivity index (χ1) is 10.4. The molecular formula is C19H19NO. The minimum absolute atomic E-state index is 0.708. The van der Waals surface area contributed by atoms with Gasteiger partial charge in [-0.05, 0) is 48.6 Å². The maximum Gasteiger partial charge on any atom is 0.227 e. The van der Waals surface area contributed by atoms with E-state index in [1.807, 2.05) is 30.3 Å². The van der Waals surface area contributed by atoms with E-state index in [-0.39, 0.29) is 0 Å². The standard InChI is InChI=1S/C19H19NO/c1-3-7-14(8-4-1)16-11-12-18-17(13-16)20-19(21-18)15-9-5-2-6-10-15/h2,5-6,9-14H,1,3-4,7-8H2. The van der Waals surface area contributed by atoms with E-state index in [4.69, 9.17) is 4.42 Å². The van der Waals surface area contributed by atoms with Crippen molar-refractivity contribution in [1.29, 1.82) is 0 Å². The van der Waals surface area contributed by atoms with Crippen LogP contribution >= 0.6 is 0 Å². The largest absolute Gasteiger partial charge is 0.436 e. The summed E-state index contributed by atoms with van der Waals surface area (Å²) in [5.74, 6) is 1.42. The van der Waals surface area contributed by atoms with Crippen LogP contribution in [0.1, 0.15) is 43.6 Å². The lowest BCUT2D eigenvalue weighted by atomic mass is 9.84. The molecule has 0 spiro atoms. The Morgan fingerprint density at radius 2 is 1.71 bits per heavy atom. The Morgan fingerprint density at radius 1 is 0.905 bits per heavy atom. The normalized spacial score (nSPS) is 16.4. The van der Waals surface area contributed by atoms with Gasteiger partial charge in [0.25, 0.3) is 0 Å². The molecule has 0 unspecified atom stereocenters. The second kappa shape index (κ2) is 5.36. The predicted octanol–water partition coefficient (Wildman–Crippen LogP) is 5.54. The lowest BCUT2D eigenvalue weighted by Gasteiger charge is -2.21. The molecule has 1 aliphatic carbocycles. The van der Waals surface area contributed by atoms with Crippen molar-refractivity contribution >= 4 is 11.1 Å². The Bertz CT molecular complexity index is 739. The zero-order valence-corrected chi connectivity index (χ0v) is 12.1. The fourth-order valence-corrected chi connectivity index (χ4v) is 3.34. The van der Waals surface area contributed by atoms with Gasteiger partial charge < -0.3 is 4.42 Å². The fraction of sp³-hybridized carbons (Fsp3) is 0.316. The summed E-state index contributed by atoms with van der Waals surface area (Å²) in [5, 5.41) is 0. The van der Waals surface area contributed by atoms with Gasteiger partial charge in [0.2, 0.25) is 5.89 Å². The second-order valence-electron chi connectivity index (χ2n) is 5.95. The quantitative estimate of drug-likeness (QED) is 0.614. The molecule has 0 atom stereocenters. The number of oxazole rings is 1. The molecule has 1 saturated carbocycles. The lowest BCUT2D eigenvalue weighted by molar-refractivity contribution is 0.444. The number of hydrogen-bond acceptors (Lipinski definition) is 2. The van der Waals surface area contributed by atoms with E-state index in [1.54, 1.807) is 0 Å². The van der Waals surface area contributed by atoms with E-state index in [1.165, 1.54) is 37.7 Å². The molecule has 0 bridgehead atoms. The van der Waals surface area contributed by atoms with Crippen molar-refractivity contribution < 1.29 is 4.42 Å². The highest BCUT2D eigenvalue weighted by Crippen LogP contribution is 2.34. The van der Waals surface area contributed by atoms with Gasteiger partial charge in [0.1, 0.15) is 5.52 Å². The van der Waals surface area contributed by atoms with E-state index in [2.05, 4.69) is 23.2 Å². The van der Waals surface area contributed by atoms with Crippen LogP contribution in [0.15, 0.2) is 52.9 Å². The minimum atomic E-state index is 0.708. The topological polar surface area (TPSA) is 26.0 Å². The Morgan fingerprint density at radius 3 is 2.52 bits per heavy atom. The van der Waals surface area contributed by atoms with Crippen molar-refractivity contribution in [2.24, 2.45) is 0 Å². The van der Waals surface area contributed by atoms with Crippen molar-refractivity contribution in [2.45, 2.75) is 38.0 Å². The van der Waals surface area contributed by atoms with Crippen molar-refractivity contribution in [3.05, 3.63) is 54.1 Å². The Labute approximate surface area is 124 Å². The molecule has 0 radical (unpaired) electrons. The molecule has 3 aromatic rings. The molecule has 2 aromatic carbocycles. The van der Waals surface area contributed by atoms with E-state index in [0.717, 1.165) is 16.7 Å². The number of nitrogens with zero attached hydrogens (tertiary/aromatic N) is 1. The molecule has 2 nitrogen and oxygen atoms in total. The Hall–Kier alpha value is -2.09. The molecule has 1 aromatic heterocycles. The van der Waals surface area contributed by atoms with Crippen LogP contribution in [0.4, 0.5) is 0 Å². The molecular weight excluding hydrogens is 258 g/mol. The van der Waals surface area contributed by atoms with Crippen LogP contribution in [0.2, 0.25) is 0 Å². The summed E-state index contributed by atoms with van der Waals surface area (Å²) in [6.07, 6.45) is 6.73. The first-order valence-electron chi connectivity index (χ1n) is 7.86. The van der Waals surface area contributed by atoms with E-state index in [9.17, 15) is 0 Å². The summed E-state index contributed by atoms with van der Waals surface area (Å²) < 4.78 is 5.89. The summed E-state index contributed by atoms with van der Waals surface area (Å²) in [5.41, 5.74) is 4.33. The van der Waals surface area contributed by atoms with Gasteiger partial charge in [0.15, 0.2) is 5.58 Å². The van der Waals surface area contributed by atoms with Crippen LogP contribution in [0.3, 0.4) is 0 Å². The molecule has 1 heterocycles. The summed E-state index contributed by atoms with van der Waals surface area (Å²) in [6, 6.07) is 16.6. The van der Waals surface area contributed by atoms with E-state index in [0.29, 0.717) is 11.8 Å². The maximum atomic E-state index is 5.89. The highest BCUT2D eigenvalue weighted by atomic mass is 16.3. The number of aromatic nitrogens is 1. The average molecular weight is 277 g/mol. The van der Waals surface area contributed by atoms with Gasteiger partial charge in [-0.15, -0.1) is 0 Å². The monoisotopic (exact) mass is 277 g/mol. The molecule has 2 heteroatoms. The molecule has 0 N–H and O–H groups in total. The molecule has 1 fully saturated rings. The van der Waals surface area contributed by atoms with Crippen molar-refractivity contribution in [2.75, 3.05) is 0 Å². The molecule has 106 valence electrons. The predicted molar refractivity (Wildman–Crippen MR) is 85.3 cm³/mol.